The molecule has 0 atom stereocenters. The number of hydrogen-bond acceptors (Lipinski definition) is 24. The smallest absolute Gasteiger partial charge is 0.435 e. The first-order chi connectivity index (χ1) is 63.1. The van der Waals surface area contributed by atoms with Crippen LogP contribution < -0.4 is 27.4 Å². The number of H-pyrrole nitrogens is 1. The van der Waals surface area contributed by atoms with Gasteiger partial charge in [0.25, 0.3) is 0 Å². The van der Waals surface area contributed by atoms with Crippen LogP contribution in [0.5, 0.6) is 0 Å². The fraction of sp³-hybridized carbons (Fsp3) is 0.324. The highest BCUT2D eigenvalue weighted by Gasteiger charge is 2.24. The first kappa shape index (κ1) is 111. The molecule has 0 amide bonds. The lowest BCUT2D eigenvalue weighted by molar-refractivity contribution is 0.0503. The van der Waals surface area contributed by atoms with Gasteiger partial charge in [-0.1, -0.05) is 218 Å². The number of fused-ring (bicyclic) bond motifs is 3. The Hall–Kier alpha value is -13.3. The Morgan fingerprint density at radius 2 is 0.813 bits per heavy atom. The van der Waals surface area contributed by atoms with Crippen LogP contribution in [-0.2, 0) is 53.2 Å². The number of rotatable bonds is 17. The number of thioether (sulfide) groups is 1. The number of thiocarbonyl (C=S) groups is 2. The topological polar surface area (TPSA) is 381 Å². The van der Waals surface area contributed by atoms with Crippen LogP contribution in [0.4, 0.5) is 25.8 Å². The van der Waals surface area contributed by atoms with Crippen molar-refractivity contribution in [3.8, 4) is 56.9 Å². The van der Waals surface area contributed by atoms with Gasteiger partial charge in [-0.15, -0.1) is 12.4 Å². The minimum atomic E-state index is -0.562. The zero-order valence-corrected chi connectivity index (χ0v) is 82.5. The van der Waals surface area contributed by atoms with Crippen LogP contribution in [-0.4, -0.2) is 173 Å². The van der Waals surface area contributed by atoms with E-state index in [4.69, 9.17) is 52.9 Å². The number of carbonyl (C=O) groups excluding carboxylic acids is 3. The molecule has 3 aliphatic rings. The first-order valence-corrected chi connectivity index (χ1v) is 45.1. The standard InChI is InChI=1S/C23H26N4O2S.C23H25N3O2S.C19H17N5.C14H17N3O2.C8H7NS.C6H12N2.2C4H10O.CH2N2.ClH/c1-23(2,3)29-22(28)27-16-19(15-25-27)18-10-12-20(13-11-18)26-21(30-4)24-14-17-8-6-5-7-9-17;1-23(2,3)28-22(27)26-16-20(15-25-26)19-11-9-17(10-12-19)13-21(29)24-14-18-7-5-4-6-8-18;20-14-22-19(21-11-16-4-2-1-3-5-16)10-15-6-8-17(9-7-15)18-12-23-24-13-18;1-14(2,3)19-13(18)17-9-11(8-16-17)10-4-6-12(15)7-5-10;10-7-9-6-8-4-2-1-3-5-8;1-2-8-5-3-7(1)4-6-8;2*1-4(2,3)5;2-1-3;/h5-13,15-16H,14H2,1-4H3,(H,24,26);4-12,15-16H,13-14H2,1-3H3,(H,24,29);1-9,12-13H,10-11H2,(H,21,22)(H,23,24);4-9H,15H2,1-3H3;1-5H,6H2;1-6H2;2*5H,1-3H3;2H2;1H. The summed E-state index contributed by atoms with van der Waals surface area (Å²) in [6.45, 7) is 37.3. The monoisotopic (exact) mass is 1890 g/mol. The molecule has 8 aromatic carbocycles. The number of isothiocyanates is 1. The summed E-state index contributed by atoms with van der Waals surface area (Å²) >= 11 is 11.5. The van der Waals surface area contributed by atoms with Gasteiger partial charge < -0.3 is 46.5 Å². The van der Waals surface area contributed by atoms with Gasteiger partial charge in [0.2, 0.25) is 0 Å². The molecule has 4 aromatic heterocycles. The van der Waals surface area contributed by atoms with Crippen molar-refractivity contribution in [1.82, 2.24) is 60.0 Å². The molecule has 12 aromatic rings. The molecule has 0 radical (unpaired) electrons. The number of ether oxygens (including phenoxy) is 3. The summed E-state index contributed by atoms with van der Waals surface area (Å²) in [4.78, 5) is 54.9. The van der Waals surface area contributed by atoms with Gasteiger partial charge in [-0.2, -0.15) is 45.0 Å². The summed E-state index contributed by atoms with van der Waals surface area (Å²) in [5, 5.41) is 64.6. The summed E-state index contributed by atoms with van der Waals surface area (Å²) in [6, 6.07) is 71.8. The van der Waals surface area contributed by atoms with E-state index < -0.39 is 46.3 Å². The second-order valence-corrected chi connectivity index (χ2v) is 36.6. The molecule has 3 fully saturated rings. The molecule has 3 aliphatic heterocycles. The van der Waals surface area contributed by atoms with Gasteiger partial charge in [-0.25, -0.2) is 19.4 Å². The van der Waals surface area contributed by atoms with E-state index in [-0.39, 0.29) is 12.4 Å². The molecule has 28 nitrogen and oxygen atoms in total. The lowest BCUT2D eigenvalue weighted by atomic mass is 10.1. The Morgan fingerprint density at radius 1 is 0.478 bits per heavy atom. The minimum Gasteiger partial charge on any atom is -0.442 e. The number of nitrogens with two attached hydrogens (primary N) is 2. The number of benzene rings is 8. The average molecular weight is 1890 g/mol. The van der Waals surface area contributed by atoms with Crippen molar-refractivity contribution in [1.29, 1.82) is 10.5 Å². The Labute approximate surface area is 809 Å². The molecular weight excluding hydrogens is 1760 g/mol. The lowest BCUT2D eigenvalue weighted by Gasteiger charge is -2.41. The zero-order chi connectivity index (χ0) is 97.4. The van der Waals surface area contributed by atoms with Crippen LogP contribution in [0.25, 0.3) is 44.5 Å². The van der Waals surface area contributed by atoms with Crippen molar-refractivity contribution in [2.75, 3.05) is 56.6 Å². The van der Waals surface area contributed by atoms with Crippen LogP contribution in [0, 0.1) is 22.9 Å². The highest BCUT2D eigenvalue weighted by atomic mass is 35.5. The zero-order valence-electron chi connectivity index (χ0n) is 79.3. The second-order valence-electron chi connectivity index (χ2n) is 35.1. The predicted octanol–water partition coefficient (Wildman–Crippen LogP) is 20.2. The minimum absolute atomic E-state index is 0. The number of aliphatic imine (C=N–C) groups is 3. The number of amidine groups is 2. The van der Waals surface area contributed by atoms with Gasteiger partial charge in [0.05, 0.1) is 65.8 Å². The number of hydrogen-bond donors (Lipinski definition) is 8. The van der Waals surface area contributed by atoms with Gasteiger partial charge in [-0.3, -0.25) is 30.2 Å². The number of nitriles is 2. The number of nitrogens with one attached hydrogen (secondary N) is 4. The third kappa shape index (κ3) is 47.2. The number of carbonyl (C=O) groups is 3. The van der Waals surface area contributed by atoms with Gasteiger partial charge in [0, 0.05) is 117 Å². The number of anilines is 2. The van der Waals surface area contributed by atoms with Crippen LogP contribution in [0.1, 0.15) is 137 Å². The molecule has 15 rings (SSSR count). The summed E-state index contributed by atoms with van der Waals surface area (Å²) in [5.41, 5.74) is 23.2. The SMILES string of the molecule is C1CN2CCN1CC2.CC(C)(C)O.CC(C)(C)O.CC(C)(C)OC(=O)n1cc(-c2ccc(CC(=S)NCc3ccccc3)cc2)cn1.CC(C)(C)OC(=O)n1cc(-c2ccc(N)cc2)cn1.CSC(=NCc1ccccc1)Nc1ccc(-c2cnn(C(=O)OC(C)(C)C)c2)cc1.Cl.N#CN.N#CNC(Cc1ccc(-c2cn[nH]c2)cc1)=NCc1ccccc1.S=C=NCc1ccccc1. The van der Waals surface area contributed by atoms with Crippen LogP contribution in [0.2, 0.25) is 0 Å². The van der Waals surface area contributed by atoms with Crippen molar-refractivity contribution in [3.63, 3.8) is 0 Å². The highest BCUT2D eigenvalue weighted by Crippen LogP contribution is 2.26. The van der Waals surface area contributed by atoms with E-state index in [1.54, 1.807) is 109 Å². The van der Waals surface area contributed by atoms with E-state index in [9.17, 15) is 14.4 Å². The number of halogens is 1. The maximum Gasteiger partial charge on any atom is 0.435 e. The first-order valence-electron chi connectivity index (χ1n) is 43.1. The van der Waals surface area contributed by atoms with Gasteiger partial charge in [-0.05, 0) is 202 Å². The molecular formula is C102H127ClN20O8S3. The van der Waals surface area contributed by atoms with Gasteiger partial charge in [0.15, 0.2) is 17.6 Å². The Kier molecular flexibility index (Phi) is 47.5. The second kappa shape index (κ2) is 57.2. The summed E-state index contributed by atoms with van der Waals surface area (Å²) in [6.07, 6.45) is 18.6. The number of nitrogens with zero attached hydrogens (tertiary/aromatic N) is 14. The third-order valence-corrected chi connectivity index (χ3v) is 18.7. The number of nitrogen functional groups attached to an aromatic ring is 1. The fourth-order valence-corrected chi connectivity index (χ4v) is 12.3. The van der Waals surface area contributed by atoms with Crippen molar-refractivity contribution >= 4 is 99.4 Å². The van der Waals surface area contributed by atoms with Gasteiger partial charge in [0.1, 0.15) is 22.6 Å². The van der Waals surface area contributed by atoms with Gasteiger partial charge >= 0.3 is 18.3 Å². The highest BCUT2D eigenvalue weighted by molar-refractivity contribution is 8.13. The molecule has 32 heteroatoms. The molecule has 0 spiro atoms. The molecule has 134 heavy (non-hydrogen) atoms. The fourth-order valence-electron chi connectivity index (χ4n) is 11.6. The van der Waals surface area contributed by atoms with E-state index in [1.807, 2.05) is 263 Å². The lowest BCUT2D eigenvalue weighted by Crippen LogP contribution is -2.55. The van der Waals surface area contributed by atoms with E-state index in [1.165, 1.54) is 76.2 Å². The molecule has 10 N–H and O–H groups in total. The van der Waals surface area contributed by atoms with Crippen LogP contribution in [0.15, 0.2) is 283 Å². The summed E-state index contributed by atoms with van der Waals surface area (Å²) in [5.74, 6) is 0.664. The van der Waals surface area contributed by atoms with E-state index in [0.29, 0.717) is 44.0 Å². The number of aliphatic hydroxyl groups is 2. The molecule has 2 bridgehead atoms. The summed E-state index contributed by atoms with van der Waals surface area (Å²) < 4.78 is 19.5. The average Bonchev–Trinajstić information content (AvgIpc) is 1.68. The third-order valence-electron chi connectivity index (χ3n) is 17.6. The van der Waals surface area contributed by atoms with E-state index in [0.717, 1.165) is 83.6 Å². The van der Waals surface area contributed by atoms with E-state index in [2.05, 4.69) is 114 Å². The van der Waals surface area contributed by atoms with Crippen molar-refractivity contribution in [3.05, 3.63) is 301 Å². The largest absolute Gasteiger partial charge is 0.442 e. The number of aromatic amines is 1. The van der Waals surface area contributed by atoms with Crippen LogP contribution in [0.3, 0.4) is 0 Å². The number of aromatic nitrogens is 8. The molecule has 0 unspecified atom stereocenters. The Morgan fingerprint density at radius 3 is 1.15 bits per heavy atom. The molecule has 3 saturated heterocycles. The van der Waals surface area contributed by atoms with Crippen molar-refractivity contribution in [2.24, 2.45) is 20.7 Å². The van der Waals surface area contributed by atoms with Crippen molar-refractivity contribution in [2.45, 2.75) is 171 Å². The molecule has 708 valence electrons. The Balaban J connectivity index is 0.000000286. The maximum atomic E-state index is 12.1. The molecule has 0 saturated carbocycles. The molecule has 0 aliphatic carbocycles. The maximum absolute atomic E-state index is 12.1. The van der Waals surface area contributed by atoms with E-state index >= 15 is 0 Å². The number of piperazine rings is 3. The van der Waals surface area contributed by atoms with Crippen LogP contribution >= 0.6 is 48.6 Å². The Bertz CT molecular complexity index is 5600. The molecule has 7 heterocycles. The quantitative estimate of drug-likeness (QED) is 0.00798. The predicted molar refractivity (Wildman–Crippen MR) is 550 cm³/mol. The summed E-state index contributed by atoms with van der Waals surface area (Å²) in [7, 11) is 0. The normalized spacial score (nSPS) is 12.9. The van der Waals surface area contributed by atoms with Crippen molar-refractivity contribution < 1.29 is 38.8 Å².